The molecule has 0 heterocycles. The van der Waals surface area contributed by atoms with Gasteiger partial charge in [-0.2, -0.15) is 0 Å². The van der Waals surface area contributed by atoms with Crippen molar-refractivity contribution >= 4 is 11.6 Å². The lowest BCUT2D eigenvalue weighted by Crippen LogP contribution is -2.64. The Labute approximate surface area is 189 Å². The second-order valence-corrected chi connectivity index (χ2v) is 10.0. The van der Waals surface area contributed by atoms with Gasteiger partial charge in [0.15, 0.2) is 17.2 Å². The minimum absolute atomic E-state index is 0.0138. The van der Waals surface area contributed by atoms with Crippen molar-refractivity contribution < 1.29 is 30.0 Å². The number of hydrogen-bond donors (Lipinski definition) is 4. The van der Waals surface area contributed by atoms with Crippen LogP contribution in [0.15, 0.2) is 0 Å². The fraction of sp³-hybridized carbons (Fsp3) is 0.920. The number of carbonyl (C=O) groups is 2. The summed E-state index contributed by atoms with van der Waals surface area (Å²) in [5.41, 5.74) is -4.54. The molecule has 6 heteroatoms. The van der Waals surface area contributed by atoms with Gasteiger partial charge in [-0.1, -0.05) is 79.1 Å². The van der Waals surface area contributed by atoms with Crippen molar-refractivity contribution in [1.29, 1.82) is 0 Å². The first-order chi connectivity index (χ1) is 14.6. The van der Waals surface area contributed by atoms with Crippen molar-refractivity contribution in [2.45, 2.75) is 110 Å². The summed E-state index contributed by atoms with van der Waals surface area (Å²) < 4.78 is 0. The van der Waals surface area contributed by atoms with Crippen molar-refractivity contribution in [3.8, 4) is 0 Å². The average Bonchev–Trinajstić information content (AvgIpc) is 2.73. The van der Waals surface area contributed by atoms with Gasteiger partial charge in [-0.05, 0) is 24.7 Å². The summed E-state index contributed by atoms with van der Waals surface area (Å²) in [6.45, 7) is 6.11. The van der Waals surface area contributed by atoms with Gasteiger partial charge in [0.1, 0.15) is 0 Å². The Bertz CT molecular complexity index is 456. The van der Waals surface area contributed by atoms with E-state index in [-0.39, 0.29) is 12.8 Å². The first kappa shape index (κ1) is 30.2. The van der Waals surface area contributed by atoms with Crippen LogP contribution in [0.2, 0.25) is 0 Å². The van der Waals surface area contributed by atoms with Gasteiger partial charge >= 0.3 is 0 Å². The maximum atomic E-state index is 13.0. The Hall–Kier alpha value is -0.820. The fourth-order valence-corrected chi connectivity index (χ4v) is 3.99. The topological polar surface area (TPSA) is 115 Å². The van der Waals surface area contributed by atoms with E-state index in [0.717, 1.165) is 51.4 Å². The van der Waals surface area contributed by atoms with Crippen LogP contribution in [0.5, 0.6) is 0 Å². The van der Waals surface area contributed by atoms with Crippen molar-refractivity contribution in [2.75, 3.05) is 19.8 Å². The summed E-state index contributed by atoms with van der Waals surface area (Å²) in [5.74, 6) is -0.153. The molecule has 0 aliphatic rings. The smallest absolute Gasteiger partial charge is 0.193 e. The van der Waals surface area contributed by atoms with Crippen LogP contribution in [0.3, 0.4) is 0 Å². The molecule has 0 fully saturated rings. The van der Waals surface area contributed by atoms with E-state index in [1.807, 2.05) is 0 Å². The number of hydrogen-bond acceptors (Lipinski definition) is 6. The van der Waals surface area contributed by atoms with Crippen molar-refractivity contribution in [2.24, 2.45) is 17.3 Å². The molecular formula is C25H48O6. The predicted octanol–water partition coefficient (Wildman–Crippen LogP) is 3.81. The third-order valence-electron chi connectivity index (χ3n) is 6.35. The lowest BCUT2D eigenvalue weighted by Gasteiger charge is -2.41. The summed E-state index contributed by atoms with van der Waals surface area (Å²) >= 11 is 0. The predicted molar refractivity (Wildman–Crippen MR) is 124 cm³/mol. The van der Waals surface area contributed by atoms with Crippen LogP contribution in [0.25, 0.3) is 0 Å². The largest absolute Gasteiger partial charge is 0.395 e. The second kappa shape index (κ2) is 15.9. The standard InChI is InChI=1S/C25H48O6/c1-20(2)13-9-5-7-11-15-22(29)25(31,24(17-26,18-27)19-28)23(30)16-12-8-6-10-14-21(3)4/h20-21,26-28,31H,5-19H2,1-4H3. The molecule has 0 amide bonds. The van der Waals surface area contributed by atoms with E-state index in [1.54, 1.807) is 0 Å². The van der Waals surface area contributed by atoms with E-state index in [9.17, 15) is 30.0 Å². The number of carbonyl (C=O) groups excluding carboxylic acids is 2. The molecule has 0 aliphatic carbocycles. The zero-order valence-electron chi connectivity index (χ0n) is 20.4. The summed E-state index contributed by atoms with van der Waals surface area (Å²) in [6.07, 6.45) is 8.97. The Morgan fingerprint density at radius 3 is 1.23 bits per heavy atom. The van der Waals surface area contributed by atoms with Crippen LogP contribution in [0.4, 0.5) is 0 Å². The highest BCUT2D eigenvalue weighted by Crippen LogP contribution is 2.36. The van der Waals surface area contributed by atoms with Crippen LogP contribution in [-0.2, 0) is 9.59 Å². The summed E-state index contributed by atoms with van der Waals surface area (Å²) in [6, 6.07) is 0. The van der Waals surface area contributed by atoms with E-state index in [0.29, 0.717) is 24.7 Å². The van der Waals surface area contributed by atoms with Gasteiger partial charge in [-0.15, -0.1) is 0 Å². The molecule has 0 atom stereocenters. The van der Waals surface area contributed by atoms with Gasteiger partial charge < -0.3 is 20.4 Å². The van der Waals surface area contributed by atoms with Gasteiger partial charge in [-0.3, -0.25) is 9.59 Å². The number of Topliss-reactive ketones (excluding diaryl/α,β-unsaturated/α-hetero) is 2. The highest BCUT2D eigenvalue weighted by molar-refractivity contribution is 6.11. The number of aliphatic hydroxyl groups excluding tert-OH is 3. The molecule has 4 N–H and O–H groups in total. The minimum Gasteiger partial charge on any atom is -0.395 e. The van der Waals surface area contributed by atoms with Gasteiger partial charge in [0.05, 0.1) is 25.2 Å². The monoisotopic (exact) mass is 444 g/mol. The summed E-state index contributed by atoms with van der Waals surface area (Å²) in [4.78, 5) is 26.0. The molecular weight excluding hydrogens is 396 g/mol. The fourth-order valence-electron chi connectivity index (χ4n) is 3.99. The molecule has 0 radical (unpaired) electrons. The molecule has 0 rings (SSSR count). The molecule has 0 bridgehead atoms. The minimum atomic E-state index is -2.57. The number of ketones is 2. The normalized spacial score (nSPS) is 12.7. The van der Waals surface area contributed by atoms with Gasteiger partial charge in [-0.25, -0.2) is 0 Å². The maximum Gasteiger partial charge on any atom is 0.193 e. The lowest BCUT2D eigenvalue weighted by molar-refractivity contribution is -0.183. The van der Waals surface area contributed by atoms with Crippen LogP contribution < -0.4 is 0 Å². The molecule has 184 valence electrons. The summed E-state index contributed by atoms with van der Waals surface area (Å²) in [7, 11) is 0. The second-order valence-electron chi connectivity index (χ2n) is 10.0. The van der Waals surface area contributed by atoms with Crippen LogP contribution >= 0.6 is 0 Å². The SMILES string of the molecule is CC(C)CCCCCCC(=O)C(O)(C(=O)CCCCCCC(C)C)C(CO)(CO)CO. The average molecular weight is 445 g/mol. The zero-order valence-corrected chi connectivity index (χ0v) is 20.4. The Balaban J connectivity index is 5.01. The van der Waals surface area contributed by atoms with E-state index in [1.165, 1.54) is 0 Å². The summed E-state index contributed by atoms with van der Waals surface area (Å²) in [5, 5.41) is 40.7. The first-order valence-electron chi connectivity index (χ1n) is 12.2. The number of rotatable bonds is 20. The van der Waals surface area contributed by atoms with E-state index in [4.69, 9.17) is 0 Å². The molecule has 0 aromatic carbocycles. The molecule has 0 saturated heterocycles. The highest BCUT2D eigenvalue weighted by atomic mass is 16.3. The highest BCUT2D eigenvalue weighted by Gasteiger charge is 2.58. The van der Waals surface area contributed by atoms with E-state index < -0.39 is 42.4 Å². The third-order valence-corrected chi connectivity index (χ3v) is 6.35. The molecule has 0 spiro atoms. The van der Waals surface area contributed by atoms with E-state index >= 15 is 0 Å². The number of aliphatic hydroxyl groups is 4. The molecule has 0 saturated carbocycles. The zero-order chi connectivity index (χ0) is 23.9. The van der Waals surface area contributed by atoms with Gasteiger partial charge in [0.2, 0.25) is 0 Å². The number of unbranched alkanes of at least 4 members (excludes halogenated alkanes) is 6. The molecule has 0 aromatic heterocycles. The molecule has 31 heavy (non-hydrogen) atoms. The Morgan fingerprint density at radius 1 is 0.613 bits per heavy atom. The van der Waals surface area contributed by atoms with Crippen LogP contribution in [0.1, 0.15) is 105 Å². The van der Waals surface area contributed by atoms with Gasteiger partial charge in [0.25, 0.3) is 0 Å². The van der Waals surface area contributed by atoms with Gasteiger partial charge in [0, 0.05) is 12.8 Å². The van der Waals surface area contributed by atoms with E-state index in [2.05, 4.69) is 27.7 Å². The lowest BCUT2D eigenvalue weighted by atomic mass is 9.66. The first-order valence-corrected chi connectivity index (χ1v) is 12.2. The Morgan fingerprint density at radius 2 is 0.935 bits per heavy atom. The maximum absolute atomic E-state index is 13.0. The molecule has 0 unspecified atom stereocenters. The van der Waals surface area contributed by atoms with Crippen molar-refractivity contribution in [3.05, 3.63) is 0 Å². The van der Waals surface area contributed by atoms with Crippen LogP contribution in [-0.4, -0.2) is 57.4 Å². The quantitative estimate of drug-likeness (QED) is 0.168. The van der Waals surface area contributed by atoms with Crippen LogP contribution in [0, 0.1) is 17.3 Å². The molecule has 0 aliphatic heterocycles. The molecule has 6 nitrogen and oxygen atoms in total. The third kappa shape index (κ3) is 9.68. The molecule has 0 aromatic rings. The Kier molecular flexibility index (Phi) is 15.5. The van der Waals surface area contributed by atoms with Crippen molar-refractivity contribution in [3.63, 3.8) is 0 Å². The van der Waals surface area contributed by atoms with Crippen molar-refractivity contribution in [1.82, 2.24) is 0 Å².